The molecule has 0 amide bonds. The molecule has 1 aliphatic rings. The quantitative estimate of drug-likeness (QED) is 0.778. The second-order valence-corrected chi connectivity index (χ2v) is 4.15. The number of carbonyl (C=O) groups is 1. The lowest BCUT2D eigenvalue weighted by molar-refractivity contribution is 0.0958. The number of nitrogens with one attached hydrogen (secondary N) is 1. The number of benzene rings is 1. The molecule has 4 heteroatoms. The number of nitrogens with zero attached hydrogens (tertiary/aromatic N) is 1. The molecule has 0 spiro atoms. The average Bonchev–Trinajstić information content (AvgIpc) is 2.27. The van der Waals surface area contributed by atoms with Crippen molar-refractivity contribution in [1.82, 2.24) is 4.90 Å². The number of hydrogen-bond acceptors (Lipinski definition) is 4. The summed E-state index contributed by atoms with van der Waals surface area (Å²) in [6.07, 6.45) is 0. The molecule has 1 N–H and O–H groups in total. The van der Waals surface area contributed by atoms with Gasteiger partial charge in [-0.3, -0.25) is 4.79 Å². The van der Waals surface area contributed by atoms with Crippen molar-refractivity contribution in [3.8, 4) is 5.75 Å². The first kappa shape index (κ1) is 11.0. The number of ether oxygens (including phenoxy) is 1. The van der Waals surface area contributed by atoms with E-state index in [9.17, 15) is 4.79 Å². The molecule has 2 rings (SSSR count). The fourth-order valence-electron chi connectivity index (χ4n) is 1.69. The van der Waals surface area contributed by atoms with Gasteiger partial charge in [0.2, 0.25) is 0 Å². The Balaban J connectivity index is 2.19. The molecule has 0 unspecified atom stereocenters. The van der Waals surface area contributed by atoms with E-state index in [2.05, 4.69) is 5.32 Å². The van der Waals surface area contributed by atoms with E-state index >= 15 is 0 Å². The molecular formula is C12H16N2O2. The molecule has 1 aliphatic heterocycles. The second kappa shape index (κ2) is 4.53. The highest BCUT2D eigenvalue weighted by Gasteiger charge is 2.13. The maximum Gasteiger partial charge on any atom is 0.176 e. The summed E-state index contributed by atoms with van der Waals surface area (Å²) in [5.74, 6) is 0.952. The van der Waals surface area contributed by atoms with Crippen molar-refractivity contribution in [3.05, 3.63) is 23.8 Å². The van der Waals surface area contributed by atoms with Crippen molar-refractivity contribution in [1.29, 1.82) is 0 Å². The molecule has 1 aromatic carbocycles. The predicted molar refractivity (Wildman–Crippen MR) is 63.3 cm³/mol. The predicted octanol–water partition coefficient (Wildman–Crippen LogP) is 1.24. The molecule has 1 aromatic rings. The molecule has 86 valence electrons. The Morgan fingerprint density at radius 1 is 1.50 bits per heavy atom. The molecule has 0 fully saturated rings. The summed E-state index contributed by atoms with van der Waals surface area (Å²) in [4.78, 5) is 13.7. The van der Waals surface area contributed by atoms with Crippen LogP contribution in [0.15, 0.2) is 18.2 Å². The number of fused-ring (bicyclic) bond motifs is 1. The highest BCUT2D eigenvalue weighted by Crippen LogP contribution is 2.28. The number of Topliss-reactive ketones (excluding diaryl/α,β-unsaturated/α-hetero) is 1. The van der Waals surface area contributed by atoms with Crippen molar-refractivity contribution in [3.63, 3.8) is 0 Å². The Labute approximate surface area is 95.2 Å². The van der Waals surface area contributed by atoms with Crippen molar-refractivity contribution in [2.75, 3.05) is 39.1 Å². The van der Waals surface area contributed by atoms with Gasteiger partial charge >= 0.3 is 0 Å². The number of carbonyl (C=O) groups excluding carboxylic acids is 1. The van der Waals surface area contributed by atoms with Gasteiger partial charge in [-0.15, -0.1) is 0 Å². The Kier molecular flexibility index (Phi) is 3.10. The third-order valence-electron chi connectivity index (χ3n) is 2.44. The van der Waals surface area contributed by atoms with Crippen molar-refractivity contribution >= 4 is 11.5 Å². The summed E-state index contributed by atoms with van der Waals surface area (Å²) in [7, 11) is 3.77. The minimum absolute atomic E-state index is 0.125. The molecule has 0 aromatic heterocycles. The van der Waals surface area contributed by atoms with E-state index in [1.807, 2.05) is 37.2 Å². The summed E-state index contributed by atoms with van der Waals surface area (Å²) in [6.45, 7) is 1.90. The van der Waals surface area contributed by atoms with Gasteiger partial charge in [0.15, 0.2) is 5.78 Å². The number of hydrogen-bond donors (Lipinski definition) is 1. The molecule has 0 bridgehead atoms. The number of ketones is 1. The maximum atomic E-state index is 11.8. The second-order valence-electron chi connectivity index (χ2n) is 4.15. The zero-order valence-electron chi connectivity index (χ0n) is 9.62. The van der Waals surface area contributed by atoms with Crippen LogP contribution in [0.1, 0.15) is 10.4 Å². The zero-order valence-corrected chi connectivity index (χ0v) is 9.62. The van der Waals surface area contributed by atoms with Crippen LogP contribution in [0.25, 0.3) is 0 Å². The molecule has 0 saturated carbocycles. The van der Waals surface area contributed by atoms with Gasteiger partial charge in [-0.1, -0.05) is 0 Å². The SMILES string of the molecule is CN(C)CC(=O)c1ccc2c(c1)NCCO2. The topological polar surface area (TPSA) is 41.6 Å². The first-order valence-corrected chi connectivity index (χ1v) is 5.35. The van der Waals surface area contributed by atoms with Gasteiger partial charge in [0.05, 0.1) is 12.2 Å². The Bertz CT molecular complexity index is 402. The largest absolute Gasteiger partial charge is 0.490 e. The van der Waals surface area contributed by atoms with E-state index in [0.717, 1.165) is 23.5 Å². The highest BCUT2D eigenvalue weighted by atomic mass is 16.5. The first-order valence-electron chi connectivity index (χ1n) is 5.35. The highest BCUT2D eigenvalue weighted by molar-refractivity contribution is 5.98. The van der Waals surface area contributed by atoms with Gasteiger partial charge in [0, 0.05) is 12.1 Å². The van der Waals surface area contributed by atoms with Gasteiger partial charge in [-0.25, -0.2) is 0 Å². The monoisotopic (exact) mass is 220 g/mol. The molecule has 0 radical (unpaired) electrons. The fraction of sp³-hybridized carbons (Fsp3) is 0.417. The van der Waals surface area contributed by atoms with Crippen LogP contribution in [0.2, 0.25) is 0 Å². The van der Waals surface area contributed by atoms with Gasteiger partial charge in [-0.2, -0.15) is 0 Å². The Morgan fingerprint density at radius 3 is 3.06 bits per heavy atom. The molecule has 0 atom stereocenters. The smallest absolute Gasteiger partial charge is 0.176 e. The third-order valence-corrected chi connectivity index (χ3v) is 2.44. The first-order chi connectivity index (χ1) is 7.66. The minimum atomic E-state index is 0.125. The van der Waals surface area contributed by atoms with Crippen LogP contribution >= 0.6 is 0 Å². The van der Waals surface area contributed by atoms with Crippen LogP contribution in [0.4, 0.5) is 5.69 Å². The standard InChI is InChI=1S/C12H16N2O2/c1-14(2)8-11(15)9-3-4-12-10(7-9)13-5-6-16-12/h3-4,7,13H,5-6,8H2,1-2H3. The van der Waals surface area contributed by atoms with E-state index in [-0.39, 0.29) is 5.78 Å². The van der Waals surface area contributed by atoms with Crippen LogP contribution in [-0.4, -0.2) is 44.5 Å². The van der Waals surface area contributed by atoms with Crippen LogP contribution in [-0.2, 0) is 0 Å². The van der Waals surface area contributed by atoms with Gasteiger partial charge in [0.1, 0.15) is 12.4 Å². The van der Waals surface area contributed by atoms with Gasteiger partial charge < -0.3 is 15.0 Å². The fourth-order valence-corrected chi connectivity index (χ4v) is 1.69. The van der Waals surface area contributed by atoms with Crippen LogP contribution in [0.3, 0.4) is 0 Å². The summed E-state index contributed by atoms with van der Waals surface area (Å²) in [5.41, 5.74) is 1.64. The molecule has 0 saturated heterocycles. The van der Waals surface area contributed by atoms with Crippen LogP contribution in [0.5, 0.6) is 5.75 Å². The minimum Gasteiger partial charge on any atom is -0.490 e. The van der Waals surface area contributed by atoms with E-state index in [1.165, 1.54) is 0 Å². The van der Waals surface area contributed by atoms with Crippen LogP contribution in [0, 0.1) is 0 Å². The average molecular weight is 220 g/mol. The summed E-state index contributed by atoms with van der Waals surface area (Å²) >= 11 is 0. The number of likely N-dealkylation sites (N-methyl/N-ethyl adjacent to an activating group) is 1. The van der Waals surface area contributed by atoms with Crippen LogP contribution < -0.4 is 10.1 Å². The van der Waals surface area contributed by atoms with E-state index < -0.39 is 0 Å². The number of rotatable bonds is 3. The lowest BCUT2D eigenvalue weighted by atomic mass is 10.1. The van der Waals surface area contributed by atoms with Crippen molar-refractivity contribution in [2.24, 2.45) is 0 Å². The Morgan fingerprint density at radius 2 is 2.31 bits per heavy atom. The normalized spacial score (nSPS) is 13.9. The zero-order chi connectivity index (χ0) is 11.5. The summed E-state index contributed by atoms with van der Waals surface area (Å²) in [6, 6.07) is 5.53. The molecule has 1 heterocycles. The van der Waals surface area contributed by atoms with E-state index in [0.29, 0.717) is 13.2 Å². The molecular weight excluding hydrogens is 204 g/mol. The lowest BCUT2D eigenvalue weighted by Gasteiger charge is -2.19. The van der Waals surface area contributed by atoms with Gasteiger partial charge in [-0.05, 0) is 32.3 Å². The van der Waals surface area contributed by atoms with E-state index in [4.69, 9.17) is 4.74 Å². The van der Waals surface area contributed by atoms with Crippen molar-refractivity contribution in [2.45, 2.75) is 0 Å². The van der Waals surface area contributed by atoms with Crippen molar-refractivity contribution < 1.29 is 9.53 Å². The van der Waals surface area contributed by atoms with Gasteiger partial charge in [0.25, 0.3) is 0 Å². The van der Waals surface area contributed by atoms with E-state index in [1.54, 1.807) is 0 Å². The third kappa shape index (κ3) is 2.33. The molecule has 4 nitrogen and oxygen atoms in total. The summed E-state index contributed by atoms with van der Waals surface area (Å²) in [5, 5.41) is 3.22. The number of anilines is 1. The maximum absolute atomic E-state index is 11.8. The molecule has 16 heavy (non-hydrogen) atoms. The lowest BCUT2D eigenvalue weighted by Crippen LogP contribution is -2.22. The Hall–Kier alpha value is -1.55. The molecule has 0 aliphatic carbocycles. The summed E-state index contributed by atoms with van der Waals surface area (Å²) < 4.78 is 5.46.